The zero-order valence-electron chi connectivity index (χ0n) is 11.6. The predicted octanol–water partition coefficient (Wildman–Crippen LogP) is 2.38. The van der Waals surface area contributed by atoms with Crippen LogP contribution in [0.25, 0.3) is 0 Å². The molecule has 19 heavy (non-hydrogen) atoms. The van der Waals surface area contributed by atoms with Crippen molar-refractivity contribution in [1.29, 1.82) is 0 Å². The SMILES string of the molecule is CC(O)CCCNC(=O)C1CCCc2ccccc21. The van der Waals surface area contributed by atoms with Gasteiger partial charge < -0.3 is 10.4 Å². The molecule has 2 rings (SSSR count). The highest BCUT2D eigenvalue weighted by molar-refractivity contribution is 5.84. The van der Waals surface area contributed by atoms with E-state index in [1.807, 2.05) is 12.1 Å². The van der Waals surface area contributed by atoms with Gasteiger partial charge in [-0.05, 0) is 50.2 Å². The van der Waals surface area contributed by atoms with Crippen LogP contribution in [0.1, 0.15) is 49.7 Å². The number of aryl methyl sites for hydroxylation is 1. The van der Waals surface area contributed by atoms with Gasteiger partial charge in [-0.25, -0.2) is 0 Å². The van der Waals surface area contributed by atoms with E-state index < -0.39 is 0 Å². The molecule has 0 heterocycles. The maximum atomic E-state index is 12.2. The fourth-order valence-electron chi connectivity index (χ4n) is 2.76. The Hall–Kier alpha value is -1.35. The molecule has 3 nitrogen and oxygen atoms in total. The Morgan fingerprint density at radius 2 is 2.26 bits per heavy atom. The average Bonchev–Trinajstić information content (AvgIpc) is 2.42. The molecule has 0 aliphatic heterocycles. The molecule has 1 amide bonds. The Kier molecular flexibility index (Phi) is 4.97. The standard InChI is InChI=1S/C16H23NO2/c1-12(18)6-5-11-17-16(19)15-10-4-8-13-7-2-3-9-14(13)15/h2-3,7,9,12,15,18H,4-6,8,10-11H2,1H3,(H,17,19). The van der Waals surface area contributed by atoms with Crippen molar-refractivity contribution in [2.24, 2.45) is 0 Å². The molecule has 2 unspecified atom stereocenters. The first kappa shape index (κ1) is 14.1. The summed E-state index contributed by atoms with van der Waals surface area (Å²) in [7, 11) is 0. The van der Waals surface area contributed by atoms with Crippen molar-refractivity contribution >= 4 is 5.91 Å². The molecular weight excluding hydrogens is 238 g/mol. The summed E-state index contributed by atoms with van der Waals surface area (Å²) >= 11 is 0. The molecule has 1 aliphatic carbocycles. The molecule has 1 aromatic carbocycles. The average molecular weight is 261 g/mol. The van der Waals surface area contributed by atoms with Gasteiger partial charge in [0.1, 0.15) is 0 Å². The summed E-state index contributed by atoms with van der Waals surface area (Å²) in [5.41, 5.74) is 2.51. The number of rotatable bonds is 5. The molecule has 0 aromatic heterocycles. The highest BCUT2D eigenvalue weighted by atomic mass is 16.3. The molecule has 0 spiro atoms. The lowest BCUT2D eigenvalue weighted by Crippen LogP contribution is -2.32. The van der Waals surface area contributed by atoms with E-state index >= 15 is 0 Å². The topological polar surface area (TPSA) is 49.3 Å². The number of hydrogen-bond acceptors (Lipinski definition) is 2. The summed E-state index contributed by atoms with van der Waals surface area (Å²) in [5, 5.41) is 12.2. The lowest BCUT2D eigenvalue weighted by Gasteiger charge is -2.24. The third-order valence-corrected chi connectivity index (χ3v) is 3.78. The maximum absolute atomic E-state index is 12.2. The monoisotopic (exact) mass is 261 g/mol. The van der Waals surface area contributed by atoms with E-state index in [1.54, 1.807) is 6.92 Å². The number of aliphatic hydroxyl groups excluding tert-OH is 1. The number of amides is 1. The van der Waals surface area contributed by atoms with Crippen molar-refractivity contribution in [2.45, 2.75) is 51.0 Å². The van der Waals surface area contributed by atoms with Crippen LogP contribution < -0.4 is 5.32 Å². The van der Waals surface area contributed by atoms with Crippen LogP contribution in [0.4, 0.5) is 0 Å². The summed E-state index contributed by atoms with van der Waals surface area (Å²) in [6.45, 7) is 2.43. The normalized spacial score (nSPS) is 19.6. The quantitative estimate of drug-likeness (QED) is 0.800. The summed E-state index contributed by atoms with van der Waals surface area (Å²) < 4.78 is 0. The van der Waals surface area contributed by atoms with Crippen molar-refractivity contribution in [3.8, 4) is 0 Å². The number of benzene rings is 1. The van der Waals surface area contributed by atoms with Crippen LogP contribution in [0.3, 0.4) is 0 Å². The maximum Gasteiger partial charge on any atom is 0.227 e. The van der Waals surface area contributed by atoms with Gasteiger partial charge in [-0.2, -0.15) is 0 Å². The van der Waals surface area contributed by atoms with Gasteiger partial charge in [-0.1, -0.05) is 24.3 Å². The molecule has 0 saturated carbocycles. The summed E-state index contributed by atoms with van der Waals surface area (Å²) in [5.74, 6) is 0.147. The van der Waals surface area contributed by atoms with E-state index in [9.17, 15) is 9.90 Å². The summed E-state index contributed by atoms with van der Waals surface area (Å²) in [6.07, 6.45) is 4.40. The van der Waals surface area contributed by atoms with Crippen molar-refractivity contribution in [3.05, 3.63) is 35.4 Å². The minimum absolute atomic E-state index is 0.0106. The molecular formula is C16H23NO2. The second kappa shape index (κ2) is 6.71. The number of hydrogen-bond donors (Lipinski definition) is 2. The van der Waals surface area contributed by atoms with Crippen molar-refractivity contribution < 1.29 is 9.90 Å². The van der Waals surface area contributed by atoms with Crippen LogP contribution in [-0.2, 0) is 11.2 Å². The lowest BCUT2D eigenvalue weighted by atomic mass is 9.82. The van der Waals surface area contributed by atoms with Gasteiger partial charge in [0.05, 0.1) is 12.0 Å². The Morgan fingerprint density at radius 1 is 1.47 bits per heavy atom. The molecule has 2 atom stereocenters. The molecule has 104 valence electrons. The van der Waals surface area contributed by atoms with Crippen molar-refractivity contribution in [3.63, 3.8) is 0 Å². The van der Waals surface area contributed by atoms with Gasteiger partial charge in [0, 0.05) is 6.54 Å². The number of carbonyl (C=O) groups excluding carboxylic acids is 1. The van der Waals surface area contributed by atoms with Gasteiger partial charge >= 0.3 is 0 Å². The van der Waals surface area contributed by atoms with Crippen LogP contribution in [0.2, 0.25) is 0 Å². The Balaban J connectivity index is 1.90. The minimum Gasteiger partial charge on any atom is -0.393 e. The first-order valence-electron chi connectivity index (χ1n) is 7.22. The van der Waals surface area contributed by atoms with Crippen molar-refractivity contribution in [1.82, 2.24) is 5.32 Å². The Morgan fingerprint density at radius 3 is 3.05 bits per heavy atom. The number of fused-ring (bicyclic) bond motifs is 1. The molecule has 2 N–H and O–H groups in total. The van der Waals surface area contributed by atoms with Gasteiger partial charge in [0.15, 0.2) is 0 Å². The highest BCUT2D eigenvalue weighted by Crippen LogP contribution is 2.31. The van der Waals surface area contributed by atoms with Crippen molar-refractivity contribution in [2.75, 3.05) is 6.54 Å². The zero-order chi connectivity index (χ0) is 13.7. The number of nitrogens with one attached hydrogen (secondary N) is 1. The van der Waals surface area contributed by atoms with Gasteiger partial charge in [0.2, 0.25) is 5.91 Å². The van der Waals surface area contributed by atoms with Gasteiger partial charge in [-0.3, -0.25) is 4.79 Å². The number of carbonyl (C=O) groups is 1. The lowest BCUT2D eigenvalue weighted by molar-refractivity contribution is -0.122. The third-order valence-electron chi connectivity index (χ3n) is 3.78. The number of aliphatic hydroxyl groups is 1. The molecule has 3 heteroatoms. The molecule has 1 aliphatic rings. The van der Waals surface area contributed by atoms with Crippen LogP contribution in [0.15, 0.2) is 24.3 Å². The van der Waals surface area contributed by atoms with Gasteiger partial charge in [0.25, 0.3) is 0 Å². The molecule has 1 aromatic rings. The van der Waals surface area contributed by atoms with Crippen LogP contribution in [-0.4, -0.2) is 23.7 Å². The smallest absolute Gasteiger partial charge is 0.227 e. The van der Waals surface area contributed by atoms with E-state index in [2.05, 4.69) is 17.4 Å². The van der Waals surface area contributed by atoms with E-state index in [0.717, 1.165) is 32.1 Å². The van der Waals surface area contributed by atoms with Gasteiger partial charge in [-0.15, -0.1) is 0 Å². The van der Waals surface area contributed by atoms with Crippen LogP contribution in [0, 0.1) is 0 Å². The Bertz CT molecular complexity index is 429. The van der Waals surface area contributed by atoms with Crippen LogP contribution in [0.5, 0.6) is 0 Å². The largest absolute Gasteiger partial charge is 0.393 e. The predicted molar refractivity (Wildman–Crippen MR) is 76.0 cm³/mol. The second-order valence-electron chi connectivity index (χ2n) is 5.43. The minimum atomic E-state index is -0.285. The first-order chi connectivity index (χ1) is 9.18. The van der Waals surface area contributed by atoms with Crippen LogP contribution >= 0.6 is 0 Å². The molecule has 0 bridgehead atoms. The van der Waals surface area contributed by atoms with E-state index in [4.69, 9.17) is 0 Å². The van der Waals surface area contributed by atoms with E-state index in [1.165, 1.54) is 11.1 Å². The zero-order valence-corrected chi connectivity index (χ0v) is 11.6. The van der Waals surface area contributed by atoms with E-state index in [-0.39, 0.29) is 17.9 Å². The molecule has 0 fully saturated rings. The first-order valence-corrected chi connectivity index (χ1v) is 7.22. The summed E-state index contributed by atoms with van der Waals surface area (Å²) in [4.78, 5) is 12.2. The van der Waals surface area contributed by atoms with E-state index in [0.29, 0.717) is 6.54 Å². The second-order valence-corrected chi connectivity index (χ2v) is 5.43. The molecule has 0 radical (unpaired) electrons. The Labute approximate surface area is 115 Å². The third kappa shape index (κ3) is 3.80. The summed E-state index contributed by atoms with van der Waals surface area (Å²) in [6, 6.07) is 8.26. The fraction of sp³-hybridized carbons (Fsp3) is 0.562. The molecule has 0 saturated heterocycles. The highest BCUT2D eigenvalue weighted by Gasteiger charge is 2.25. The fourth-order valence-corrected chi connectivity index (χ4v) is 2.76.